The van der Waals surface area contributed by atoms with Crippen LogP contribution in [0.25, 0.3) is 0 Å². The average molecular weight is 240 g/mol. The highest BCUT2D eigenvalue weighted by molar-refractivity contribution is 6.31. The second-order valence-corrected chi connectivity index (χ2v) is 4.12. The molecule has 0 spiro atoms. The third kappa shape index (κ3) is 3.03. The van der Waals surface area contributed by atoms with Crippen LogP contribution < -0.4 is 0 Å². The number of hydrogen-bond acceptors (Lipinski definition) is 1. The van der Waals surface area contributed by atoms with Crippen molar-refractivity contribution in [1.29, 1.82) is 0 Å². The molecule has 0 saturated heterocycles. The Morgan fingerprint density at radius 1 is 1.15 bits per heavy atom. The summed E-state index contributed by atoms with van der Waals surface area (Å²) in [5.41, 5.74) is 0.861. The quantitative estimate of drug-likeness (QED) is 0.803. The molecule has 0 bridgehead atoms. The molecule has 0 amide bonds. The number of aliphatic hydroxyl groups excluding tert-OH is 1. The Morgan fingerprint density at radius 3 is 2.15 bits per heavy atom. The third-order valence-corrected chi connectivity index (χ3v) is 3.01. The molecule has 13 heavy (non-hydrogen) atoms. The minimum atomic E-state index is -0.470. The van der Waals surface area contributed by atoms with Crippen LogP contribution in [0.1, 0.15) is 10.9 Å². The molecule has 0 aliphatic rings. The van der Waals surface area contributed by atoms with Gasteiger partial charge in [0, 0.05) is 5.02 Å². The van der Waals surface area contributed by atoms with Crippen molar-refractivity contribution in [2.75, 3.05) is 6.61 Å². The van der Waals surface area contributed by atoms with Crippen LogP contribution in [0.4, 0.5) is 0 Å². The molecular weight excluding hydrogens is 230 g/mol. The molecule has 1 nitrogen and oxygen atoms in total. The van der Waals surface area contributed by atoms with E-state index in [1.807, 2.05) is 0 Å². The van der Waals surface area contributed by atoms with Gasteiger partial charge >= 0.3 is 0 Å². The van der Waals surface area contributed by atoms with Crippen LogP contribution >= 0.6 is 34.8 Å². The van der Waals surface area contributed by atoms with Crippen molar-refractivity contribution in [3.05, 3.63) is 34.9 Å². The van der Waals surface area contributed by atoms with Gasteiger partial charge in [-0.3, -0.25) is 0 Å². The average Bonchev–Trinajstić information content (AvgIpc) is 2.17. The molecule has 4 heteroatoms. The minimum Gasteiger partial charge on any atom is -0.395 e. The summed E-state index contributed by atoms with van der Waals surface area (Å²) in [6.45, 7) is -0.141. The second kappa shape index (κ2) is 5.06. The van der Waals surface area contributed by atoms with Gasteiger partial charge in [0.15, 0.2) is 0 Å². The number of aliphatic hydroxyl groups is 1. The van der Waals surface area contributed by atoms with Gasteiger partial charge in [-0.15, -0.1) is 23.2 Å². The van der Waals surface area contributed by atoms with E-state index in [-0.39, 0.29) is 12.0 Å². The molecule has 0 aliphatic carbocycles. The first-order valence-corrected chi connectivity index (χ1v) is 5.04. The maximum Gasteiger partial charge on any atom is 0.0771 e. The topological polar surface area (TPSA) is 20.2 Å². The van der Waals surface area contributed by atoms with Gasteiger partial charge in [-0.2, -0.15) is 0 Å². The Balaban J connectivity index is 2.77. The lowest BCUT2D eigenvalue weighted by molar-refractivity contribution is 0.290. The van der Waals surface area contributed by atoms with E-state index in [1.54, 1.807) is 24.3 Å². The molecule has 0 unspecified atom stereocenters. The highest BCUT2D eigenvalue weighted by atomic mass is 35.5. The number of halogens is 3. The molecule has 0 radical (unpaired) electrons. The molecule has 0 aromatic heterocycles. The lowest BCUT2D eigenvalue weighted by Crippen LogP contribution is -2.11. The predicted octanol–water partition coefficient (Wildman–Crippen LogP) is 3.22. The van der Waals surface area contributed by atoms with Crippen LogP contribution in [0, 0.1) is 0 Å². The van der Waals surface area contributed by atoms with Crippen LogP contribution in [-0.2, 0) is 0 Å². The van der Waals surface area contributed by atoms with Crippen LogP contribution in [0.15, 0.2) is 24.3 Å². The summed E-state index contributed by atoms with van der Waals surface area (Å²) in [5.74, 6) is 0. The lowest BCUT2D eigenvalue weighted by Gasteiger charge is -2.13. The first kappa shape index (κ1) is 11.1. The van der Waals surface area contributed by atoms with Crippen LogP contribution in [0.3, 0.4) is 0 Å². The first-order chi connectivity index (χ1) is 6.15. The van der Waals surface area contributed by atoms with Crippen molar-refractivity contribution >= 4 is 34.8 Å². The summed E-state index contributed by atoms with van der Waals surface area (Å²) < 4.78 is 0. The van der Waals surface area contributed by atoms with Crippen molar-refractivity contribution in [1.82, 2.24) is 0 Å². The maximum atomic E-state index is 8.78. The lowest BCUT2D eigenvalue weighted by atomic mass is 10.1. The van der Waals surface area contributed by atoms with Gasteiger partial charge in [0.2, 0.25) is 0 Å². The molecule has 0 aliphatic heterocycles. The van der Waals surface area contributed by atoms with Crippen molar-refractivity contribution < 1.29 is 5.11 Å². The van der Waals surface area contributed by atoms with Crippen LogP contribution in [-0.4, -0.2) is 17.1 Å². The first-order valence-electron chi connectivity index (χ1n) is 3.79. The number of hydrogen-bond donors (Lipinski definition) is 1. The Hall–Kier alpha value is 0.0500. The van der Waals surface area contributed by atoms with E-state index in [9.17, 15) is 0 Å². The summed E-state index contributed by atoms with van der Waals surface area (Å²) in [4.78, 5) is 0. The Kier molecular flexibility index (Phi) is 4.33. The normalized spacial score (nSPS) is 15.4. The van der Waals surface area contributed by atoms with E-state index in [4.69, 9.17) is 39.9 Å². The standard InChI is InChI=1S/C9H9Cl3O/c10-7-3-1-6(2-4-7)9(12)8(11)5-13/h1-4,8-9,13H,5H2/t8-,9+/m0/s1. The highest BCUT2D eigenvalue weighted by Crippen LogP contribution is 2.28. The van der Waals surface area contributed by atoms with E-state index in [0.29, 0.717) is 5.02 Å². The number of alkyl halides is 2. The molecule has 2 atom stereocenters. The van der Waals surface area contributed by atoms with E-state index in [0.717, 1.165) is 5.56 Å². The van der Waals surface area contributed by atoms with Crippen molar-refractivity contribution in [3.63, 3.8) is 0 Å². The summed E-state index contributed by atoms with van der Waals surface area (Å²) in [7, 11) is 0. The van der Waals surface area contributed by atoms with Crippen molar-refractivity contribution in [2.45, 2.75) is 10.8 Å². The third-order valence-electron chi connectivity index (χ3n) is 1.68. The number of benzene rings is 1. The smallest absolute Gasteiger partial charge is 0.0771 e. The van der Waals surface area contributed by atoms with Gasteiger partial charge in [0.1, 0.15) is 0 Å². The highest BCUT2D eigenvalue weighted by Gasteiger charge is 2.17. The molecule has 1 aromatic carbocycles. The van der Waals surface area contributed by atoms with Crippen molar-refractivity contribution in [2.24, 2.45) is 0 Å². The van der Waals surface area contributed by atoms with Crippen LogP contribution in [0.2, 0.25) is 5.02 Å². The second-order valence-electron chi connectivity index (χ2n) is 2.65. The van der Waals surface area contributed by atoms with E-state index in [2.05, 4.69) is 0 Å². The fourth-order valence-corrected chi connectivity index (χ4v) is 1.44. The largest absolute Gasteiger partial charge is 0.395 e. The summed E-state index contributed by atoms with van der Waals surface area (Å²) in [5, 5.41) is 8.58. The van der Waals surface area contributed by atoms with Gasteiger partial charge in [-0.05, 0) is 17.7 Å². The maximum absolute atomic E-state index is 8.78. The fraction of sp³-hybridized carbons (Fsp3) is 0.333. The molecule has 72 valence electrons. The van der Waals surface area contributed by atoms with Gasteiger partial charge in [0.25, 0.3) is 0 Å². The molecule has 0 heterocycles. The Labute approximate surface area is 92.2 Å². The monoisotopic (exact) mass is 238 g/mol. The minimum absolute atomic E-state index is 0.141. The molecule has 1 aromatic rings. The zero-order valence-corrected chi connectivity index (χ0v) is 9.02. The van der Waals surface area contributed by atoms with E-state index < -0.39 is 5.38 Å². The van der Waals surface area contributed by atoms with Crippen molar-refractivity contribution in [3.8, 4) is 0 Å². The van der Waals surface area contributed by atoms with Crippen LogP contribution in [0.5, 0.6) is 0 Å². The number of rotatable bonds is 3. The molecule has 1 N–H and O–H groups in total. The Bertz CT molecular complexity index is 260. The molecule has 0 fully saturated rings. The molecule has 1 rings (SSSR count). The van der Waals surface area contributed by atoms with E-state index >= 15 is 0 Å². The zero-order chi connectivity index (χ0) is 9.84. The summed E-state index contributed by atoms with van der Waals surface area (Å²) in [6.07, 6.45) is 0. The summed E-state index contributed by atoms with van der Waals surface area (Å²) >= 11 is 17.5. The molecular formula is C9H9Cl3O. The van der Waals surface area contributed by atoms with Gasteiger partial charge in [0.05, 0.1) is 17.4 Å². The van der Waals surface area contributed by atoms with Gasteiger partial charge < -0.3 is 5.11 Å². The fourth-order valence-electron chi connectivity index (χ4n) is 0.948. The zero-order valence-electron chi connectivity index (χ0n) is 6.75. The van der Waals surface area contributed by atoms with E-state index in [1.165, 1.54) is 0 Å². The molecule has 0 saturated carbocycles. The predicted molar refractivity (Wildman–Crippen MR) is 56.8 cm³/mol. The summed E-state index contributed by atoms with van der Waals surface area (Å²) in [6, 6.07) is 7.08. The van der Waals surface area contributed by atoms with Gasteiger partial charge in [-0.25, -0.2) is 0 Å². The van der Waals surface area contributed by atoms with Gasteiger partial charge in [-0.1, -0.05) is 23.7 Å². The SMILES string of the molecule is OC[C@H](Cl)[C@H](Cl)c1ccc(Cl)cc1. The Morgan fingerprint density at radius 2 is 1.69 bits per heavy atom.